The monoisotopic (exact) mass is 253 g/mol. The molecule has 0 radical (unpaired) electrons. The molecule has 0 bridgehead atoms. The van der Waals surface area contributed by atoms with E-state index >= 15 is 0 Å². The SMILES string of the molecule is COC(=O)Cc1ccc(Br)c(C#N)c1. The molecule has 1 rings (SSSR count). The van der Waals surface area contributed by atoms with Crippen molar-refractivity contribution in [1.82, 2.24) is 0 Å². The third-order valence-corrected chi connectivity index (χ3v) is 2.42. The molecular formula is C10H8BrNO2. The van der Waals surface area contributed by atoms with E-state index in [1.54, 1.807) is 18.2 Å². The van der Waals surface area contributed by atoms with Crippen LogP contribution in [0.2, 0.25) is 0 Å². The van der Waals surface area contributed by atoms with Crippen LogP contribution in [0.25, 0.3) is 0 Å². The van der Waals surface area contributed by atoms with Gasteiger partial charge in [-0.1, -0.05) is 6.07 Å². The summed E-state index contributed by atoms with van der Waals surface area (Å²) in [6.45, 7) is 0. The molecule has 0 spiro atoms. The maximum Gasteiger partial charge on any atom is 0.309 e. The molecule has 3 nitrogen and oxygen atoms in total. The van der Waals surface area contributed by atoms with Gasteiger partial charge in [-0.15, -0.1) is 0 Å². The Morgan fingerprint density at radius 1 is 1.64 bits per heavy atom. The van der Waals surface area contributed by atoms with Crippen molar-refractivity contribution in [3.8, 4) is 6.07 Å². The fourth-order valence-electron chi connectivity index (χ4n) is 1.01. The number of hydrogen-bond donors (Lipinski definition) is 0. The summed E-state index contributed by atoms with van der Waals surface area (Å²) in [4.78, 5) is 10.9. The lowest BCUT2D eigenvalue weighted by molar-refractivity contribution is -0.139. The van der Waals surface area contributed by atoms with Gasteiger partial charge in [0.15, 0.2) is 0 Å². The molecule has 4 heteroatoms. The number of methoxy groups -OCH3 is 1. The summed E-state index contributed by atoms with van der Waals surface area (Å²) in [5, 5.41) is 8.74. The minimum atomic E-state index is -0.309. The van der Waals surface area contributed by atoms with Crippen LogP contribution in [-0.2, 0) is 16.0 Å². The number of carbonyl (C=O) groups is 1. The van der Waals surface area contributed by atoms with Crippen molar-refractivity contribution >= 4 is 21.9 Å². The van der Waals surface area contributed by atoms with E-state index < -0.39 is 0 Å². The van der Waals surface area contributed by atoms with Crippen LogP contribution < -0.4 is 0 Å². The van der Waals surface area contributed by atoms with Crippen molar-refractivity contribution in [2.24, 2.45) is 0 Å². The molecule has 0 aliphatic carbocycles. The van der Waals surface area contributed by atoms with Crippen molar-refractivity contribution in [3.05, 3.63) is 33.8 Å². The molecule has 1 aromatic carbocycles. The average Bonchev–Trinajstić information content (AvgIpc) is 2.20. The minimum Gasteiger partial charge on any atom is -0.469 e. The Balaban J connectivity index is 2.91. The molecule has 0 heterocycles. The molecule has 1 aromatic rings. The van der Waals surface area contributed by atoms with Crippen molar-refractivity contribution in [2.45, 2.75) is 6.42 Å². The van der Waals surface area contributed by atoms with Gasteiger partial charge >= 0.3 is 5.97 Å². The van der Waals surface area contributed by atoms with Crippen LogP contribution in [0.15, 0.2) is 22.7 Å². The van der Waals surface area contributed by atoms with Crippen LogP contribution in [0.1, 0.15) is 11.1 Å². The zero-order valence-corrected chi connectivity index (χ0v) is 9.17. The van der Waals surface area contributed by atoms with Crippen LogP contribution in [0, 0.1) is 11.3 Å². The number of rotatable bonds is 2. The lowest BCUT2D eigenvalue weighted by atomic mass is 10.1. The smallest absolute Gasteiger partial charge is 0.309 e. The number of nitriles is 1. The van der Waals surface area contributed by atoms with E-state index in [2.05, 4.69) is 20.7 Å². The number of halogens is 1. The van der Waals surface area contributed by atoms with E-state index in [0.717, 1.165) is 10.0 Å². The van der Waals surface area contributed by atoms with E-state index in [4.69, 9.17) is 5.26 Å². The lowest BCUT2D eigenvalue weighted by Crippen LogP contribution is -2.04. The van der Waals surface area contributed by atoms with Crippen LogP contribution >= 0.6 is 15.9 Å². The highest BCUT2D eigenvalue weighted by Gasteiger charge is 2.05. The van der Waals surface area contributed by atoms with Crippen LogP contribution in [0.5, 0.6) is 0 Å². The van der Waals surface area contributed by atoms with E-state index in [1.165, 1.54) is 7.11 Å². The predicted molar refractivity (Wildman–Crippen MR) is 54.6 cm³/mol. The summed E-state index contributed by atoms with van der Waals surface area (Å²) in [5.41, 5.74) is 1.29. The Morgan fingerprint density at radius 2 is 2.36 bits per heavy atom. The second-order valence-corrected chi connectivity index (χ2v) is 3.53. The molecule has 0 aromatic heterocycles. The normalized spacial score (nSPS) is 9.21. The number of ether oxygens (including phenoxy) is 1. The number of benzene rings is 1. The van der Waals surface area contributed by atoms with Crippen LogP contribution in [0.3, 0.4) is 0 Å². The zero-order valence-electron chi connectivity index (χ0n) is 7.58. The molecule has 0 N–H and O–H groups in total. The summed E-state index contributed by atoms with van der Waals surface area (Å²) in [7, 11) is 1.34. The van der Waals surface area contributed by atoms with Gasteiger partial charge in [0.2, 0.25) is 0 Å². The molecule has 0 atom stereocenters. The Hall–Kier alpha value is -1.34. The maximum absolute atomic E-state index is 10.9. The molecule has 14 heavy (non-hydrogen) atoms. The Kier molecular flexibility index (Phi) is 3.66. The van der Waals surface area contributed by atoms with Gasteiger partial charge in [-0.05, 0) is 33.6 Å². The number of nitrogens with zero attached hydrogens (tertiary/aromatic N) is 1. The second-order valence-electron chi connectivity index (χ2n) is 2.68. The van der Waals surface area contributed by atoms with E-state index in [9.17, 15) is 4.79 Å². The van der Waals surface area contributed by atoms with Crippen molar-refractivity contribution in [2.75, 3.05) is 7.11 Å². The fraction of sp³-hybridized carbons (Fsp3) is 0.200. The van der Waals surface area contributed by atoms with E-state index in [0.29, 0.717) is 5.56 Å². The Morgan fingerprint density at radius 3 is 2.93 bits per heavy atom. The molecule has 72 valence electrons. The topological polar surface area (TPSA) is 50.1 Å². The summed E-state index contributed by atoms with van der Waals surface area (Å²) in [6, 6.07) is 7.22. The zero-order chi connectivity index (χ0) is 10.6. The van der Waals surface area contributed by atoms with Gasteiger partial charge in [0, 0.05) is 4.47 Å². The fourth-order valence-corrected chi connectivity index (χ4v) is 1.34. The molecule has 0 amide bonds. The summed E-state index contributed by atoms with van der Waals surface area (Å²) >= 11 is 3.24. The van der Waals surface area contributed by atoms with E-state index in [1.807, 2.05) is 6.07 Å². The number of carbonyl (C=O) groups excluding carboxylic acids is 1. The molecule has 0 saturated heterocycles. The first-order valence-corrected chi connectivity index (χ1v) is 4.72. The second kappa shape index (κ2) is 4.77. The highest BCUT2D eigenvalue weighted by molar-refractivity contribution is 9.10. The quantitative estimate of drug-likeness (QED) is 0.759. The molecule has 0 saturated carbocycles. The average molecular weight is 254 g/mol. The van der Waals surface area contributed by atoms with Gasteiger partial charge in [-0.25, -0.2) is 0 Å². The van der Waals surface area contributed by atoms with Crippen molar-refractivity contribution < 1.29 is 9.53 Å². The van der Waals surface area contributed by atoms with Crippen molar-refractivity contribution in [1.29, 1.82) is 5.26 Å². The highest BCUT2D eigenvalue weighted by Crippen LogP contribution is 2.17. The first kappa shape index (κ1) is 10.7. The Labute approximate surface area is 90.4 Å². The van der Waals surface area contributed by atoms with Crippen molar-refractivity contribution in [3.63, 3.8) is 0 Å². The molecule has 0 aliphatic rings. The van der Waals surface area contributed by atoms with Gasteiger partial charge in [0.25, 0.3) is 0 Å². The van der Waals surface area contributed by atoms with Gasteiger partial charge in [0.05, 0.1) is 19.1 Å². The largest absolute Gasteiger partial charge is 0.469 e. The molecular weight excluding hydrogens is 246 g/mol. The lowest BCUT2D eigenvalue weighted by Gasteiger charge is -2.01. The minimum absolute atomic E-state index is 0.193. The third-order valence-electron chi connectivity index (χ3n) is 1.73. The van der Waals surface area contributed by atoms with Gasteiger partial charge < -0.3 is 4.74 Å². The van der Waals surface area contributed by atoms with Gasteiger partial charge in [0.1, 0.15) is 6.07 Å². The standard InChI is InChI=1S/C10H8BrNO2/c1-14-10(13)5-7-2-3-9(11)8(4-7)6-12/h2-4H,5H2,1H3. The highest BCUT2D eigenvalue weighted by atomic mass is 79.9. The first-order chi connectivity index (χ1) is 6.67. The third kappa shape index (κ3) is 2.57. The van der Waals surface area contributed by atoms with Crippen LogP contribution in [0.4, 0.5) is 0 Å². The number of hydrogen-bond acceptors (Lipinski definition) is 3. The predicted octanol–water partition coefficient (Wildman–Crippen LogP) is 2.04. The molecule has 0 unspecified atom stereocenters. The number of esters is 1. The maximum atomic E-state index is 10.9. The van der Waals surface area contributed by atoms with Gasteiger partial charge in [-0.3, -0.25) is 4.79 Å². The first-order valence-electron chi connectivity index (χ1n) is 3.92. The van der Waals surface area contributed by atoms with Gasteiger partial charge in [-0.2, -0.15) is 5.26 Å². The van der Waals surface area contributed by atoms with E-state index in [-0.39, 0.29) is 12.4 Å². The summed E-state index contributed by atoms with van der Waals surface area (Å²) in [5.74, 6) is -0.309. The Bertz CT molecular complexity index is 396. The summed E-state index contributed by atoms with van der Waals surface area (Å²) < 4.78 is 5.25. The molecule has 0 aliphatic heterocycles. The molecule has 0 fully saturated rings. The van der Waals surface area contributed by atoms with Crippen LogP contribution in [-0.4, -0.2) is 13.1 Å². The summed E-state index contributed by atoms with van der Waals surface area (Å²) in [6.07, 6.45) is 0.193.